The molecular weight excluding hydrogens is 274 g/mol. The summed E-state index contributed by atoms with van der Waals surface area (Å²) in [6.07, 6.45) is 0.0357. The van der Waals surface area contributed by atoms with Crippen LogP contribution in [0.5, 0.6) is 0 Å². The number of ether oxygens (including phenoxy) is 3. The highest BCUT2D eigenvalue weighted by Gasteiger charge is 2.17. The molecule has 1 aliphatic rings. The molecule has 0 bridgehead atoms. The molecule has 4 nitrogen and oxygen atoms in total. The zero-order chi connectivity index (χ0) is 14.4. The molecule has 1 aromatic carbocycles. The van der Waals surface area contributed by atoms with Crippen LogP contribution in [-0.2, 0) is 14.2 Å². The Morgan fingerprint density at radius 2 is 2.00 bits per heavy atom. The Kier molecular flexibility index (Phi) is 6.32. The summed E-state index contributed by atoms with van der Waals surface area (Å²) in [7, 11) is 5.44. The number of hydrogen-bond acceptors (Lipinski definition) is 5. The van der Waals surface area contributed by atoms with E-state index in [1.807, 2.05) is 23.9 Å². The predicted octanol–water partition coefficient (Wildman–Crippen LogP) is 2.40. The molecular formula is C15H23NO3S. The van der Waals surface area contributed by atoms with Crippen molar-refractivity contribution in [3.05, 3.63) is 29.8 Å². The van der Waals surface area contributed by atoms with Crippen LogP contribution in [0.15, 0.2) is 29.2 Å². The molecule has 0 amide bonds. The van der Waals surface area contributed by atoms with E-state index in [1.165, 1.54) is 4.90 Å². The van der Waals surface area contributed by atoms with E-state index in [2.05, 4.69) is 24.1 Å². The fraction of sp³-hybridized carbons (Fsp3) is 0.600. The first-order valence-corrected chi connectivity index (χ1v) is 7.80. The van der Waals surface area contributed by atoms with Gasteiger partial charge in [-0.15, -0.1) is 11.8 Å². The Morgan fingerprint density at radius 3 is 2.60 bits per heavy atom. The lowest BCUT2D eigenvalue weighted by molar-refractivity contribution is -0.106. The van der Waals surface area contributed by atoms with E-state index >= 15 is 0 Å². The smallest absolute Gasteiger partial charge is 0.183 e. The first-order chi connectivity index (χ1) is 9.72. The largest absolute Gasteiger partial charge is 0.375 e. The van der Waals surface area contributed by atoms with E-state index in [1.54, 1.807) is 14.2 Å². The molecule has 1 atom stereocenters. The van der Waals surface area contributed by atoms with Gasteiger partial charge in [0.25, 0.3) is 0 Å². The van der Waals surface area contributed by atoms with E-state index in [9.17, 15) is 0 Å². The summed E-state index contributed by atoms with van der Waals surface area (Å²) in [4.78, 5) is 3.57. The summed E-state index contributed by atoms with van der Waals surface area (Å²) < 4.78 is 16.2. The maximum absolute atomic E-state index is 5.76. The highest BCUT2D eigenvalue weighted by Crippen LogP contribution is 2.24. The van der Waals surface area contributed by atoms with Crippen LogP contribution in [0.4, 0.5) is 0 Å². The summed E-state index contributed by atoms with van der Waals surface area (Å²) in [6.45, 7) is 2.88. The first-order valence-electron chi connectivity index (χ1n) is 6.81. The molecule has 0 saturated carbocycles. The van der Waals surface area contributed by atoms with Gasteiger partial charge >= 0.3 is 0 Å². The molecule has 1 saturated heterocycles. The van der Waals surface area contributed by atoms with Crippen LogP contribution in [0.2, 0.25) is 0 Å². The van der Waals surface area contributed by atoms with E-state index in [0.717, 1.165) is 31.0 Å². The second kappa shape index (κ2) is 8.00. The minimum Gasteiger partial charge on any atom is -0.375 e. The van der Waals surface area contributed by atoms with E-state index in [4.69, 9.17) is 14.2 Å². The van der Waals surface area contributed by atoms with Crippen molar-refractivity contribution in [3.8, 4) is 0 Å². The van der Waals surface area contributed by atoms with Crippen molar-refractivity contribution in [2.75, 3.05) is 46.7 Å². The monoisotopic (exact) mass is 297 g/mol. The van der Waals surface area contributed by atoms with Crippen molar-refractivity contribution < 1.29 is 14.2 Å². The fourth-order valence-electron chi connectivity index (χ4n) is 2.25. The van der Waals surface area contributed by atoms with Gasteiger partial charge in [0.05, 0.1) is 12.7 Å². The van der Waals surface area contributed by atoms with Gasteiger partial charge in [-0.2, -0.15) is 0 Å². The van der Waals surface area contributed by atoms with Crippen molar-refractivity contribution in [2.45, 2.75) is 17.3 Å². The average molecular weight is 297 g/mol. The topological polar surface area (TPSA) is 30.9 Å². The molecule has 1 heterocycles. The molecule has 1 fully saturated rings. The van der Waals surface area contributed by atoms with Crippen LogP contribution in [0.3, 0.4) is 0 Å². The molecule has 0 aliphatic carbocycles. The molecule has 20 heavy (non-hydrogen) atoms. The Bertz CT molecular complexity index is 395. The van der Waals surface area contributed by atoms with Gasteiger partial charge in [0.1, 0.15) is 0 Å². The molecule has 1 aliphatic heterocycles. The summed E-state index contributed by atoms with van der Waals surface area (Å²) in [5, 5.41) is 0. The number of benzene rings is 1. The van der Waals surface area contributed by atoms with Crippen molar-refractivity contribution in [1.82, 2.24) is 4.90 Å². The predicted molar refractivity (Wildman–Crippen MR) is 81.2 cm³/mol. The van der Waals surface area contributed by atoms with Gasteiger partial charge < -0.3 is 19.1 Å². The Labute approximate surface area is 125 Å². The lowest BCUT2D eigenvalue weighted by Gasteiger charge is -2.29. The SMILES string of the molecule is COC(OC)c1ccc(SCC2CN(C)CCO2)cc1. The number of nitrogens with zero attached hydrogens (tertiary/aromatic N) is 1. The average Bonchev–Trinajstić information content (AvgIpc) is 2.48. The summed E-state index contributed by atoms with van der Waals surface area (Å²) >= 11 is 1.83. The fourth-order valence-corrected chi connectivity index (χ4v) is 3.15. The number of rotatable bonds is 6. The number of thioether (sulfide) groups is 1. The minimum atomic E-state index is -0.288. The first kappa shape index (κ1) is 15.8. The quantitative estimate of drug-likeness (QED) is 0.594. The highest BCUT2D eigenvalue weighted by molar-refractivity contribution is 7.99. The normalized spacial score (nSPS) is 20.5. The van der Waals surface area contributed by atoms with Crippen LogP contribution in [0.25, 0.3) is 0 Å². The van der Waals surface area contributed by atoms with Crippen molar-refractivity contribution in [3.63, 3.8) is 0 Å². The number of methoxy groups -OCH3 is 2. The van der Waals surface area contributed by atoms with Gasteiger partial charge in [-0.25, -0.2) is 0 Å². The maximum atomic E-state index is 5.76. The van der Waals surface area contributed by atoms with Crippen LogP contribution < -0.4 is 0 Å². The van der Waals surface area contributed by atoms with Crippen LogP contribution >= 0.6 is 11.8 Å². The summed E-state index contributed by atoms with van der Waals surface area (Å²) in [5.74, 6) is 0.988. The highest BCUT2D eigenvalue weighted by atomic mass is 32.2. The van der Waals surface area contributed by atoms with Gasteiger partial charge in [0.2, 0.25) is 0 Å². The van der Waals surface area contributed by atoms with Gasteiger partial charge in [-0.1, -0.05) is 12.1 Å². The second-order valence-electron chi connectivity index (χ2n) is 4.94. The third kappa shape index (κ3) is 4.46. The maximum Gasteiger partial charge on any atom is 0.183 e. The molecule has 5 heteroatoms. The zero-order valence-corrected chi connectivity index (χ0v) is 13.2. The molecule has 2 rings (SSSR count). The number of likely N-dealkylation sites (N-methyl/N-ethyl adjacent to an activating group) is 1. The third-order valence-electron chi connectivity index (χ3n) is 3.36. The molecule has 0 spiro atoms. The van der Waals surface area contributed by atoms with E-state index in [0.29, 0.717) is 6.10 Å². The van der Waals surface area contributed by atoms with E-state index < -0.39 is 0 Å². The van der Waals surface area contributed by atoms with Gasteiger partial charge in [-0.3, -0.25) is 0 Å². The second-order valence-corrected chi connectivity index (χ2v) is 6.03. The van der Waals surface area contributed by atoms with E-state index in [-0.39, 0.29) is 6.29 Å². The van der Waals surface area contributed by atoms with Crippen LogP contribution in [-0.4, -0.2) is 57.7 Å². The van der Waals surface area contributed by atoms with Crippen molar-refractivity contribution in [2.24, 2.45) is 0 Å². The van der Waals surface area contributed by atoms with Crippen molar-refractivity contribution in [1.29, 1.82) is 0 Å². The number of morpholine rings is 1. The molecule has 0 N–H and O–H groups in total. The Hall–Kier alpha value is -0.590. The minimum absolute atomic E-state index is 0.288. The third-order valence-corrected chi connectivity index (χ3v) is 4.50. The molecule has 1 unspecified atom stereocenters. The molecule has 112 valence electrons. The lowest BCUT2D eigenvalue weighted by Crippen LogP contribution is -2.41. The number of hydrogen-bond donors (Lipinski definition) is 0. The molecule has 1 aromatic rings. The van der Waals surface area contributed by atoms with Gasteiger partial charge in [0, 0.05) is 43.5 Å². The molecule has 0 aromatic heterocycles. The molecule has 0 radical (unpaired) electrons. The van der Waals surface area contributed by atoms with Crippen LogP contribution in [0, 0.1) is 0 Å². The zero-order valence-electron chi connectivity index (χ0n) is 12.4. The van der Waals surface area contributed by atoms with Gasteiger partial charge in [0.15, 0.2) is 6.29 Å². The van der Waals surface area contributed by atoms with Crippen molar-refractivity contribution >= 4 is 11.8 Å². The summed E-state index contributed by atoms with van der Waals surface area (Å²) in [6, 6.07) is 8.32. The van der Waals surface area contributed by atoms with Gasteiger partial charge in [-0.05, 0) is 19.2 Å². The lowest BCUT2D eigenvalue weighted by atomic mass is 10.2. The standard InChI is InChI=1S/C15H23NO3S/c1-16-8-9-19-13(10-16)11-20-14-6-4-12(5-7-14)15(17-2)18-3/h4-7,13,15H,8-11H2,1-3H3. The summed E-state index contributed by atoms with van der Waals surface area (Å²) in [5.41, 5.74) is 1.04. The van der Waals surface area contributed by atoms with Crippen LogP contribution in [0.1, 0.15) is 11.9 Å². The Morgan fingerprint density at radius 1 is 1.30 bits per heavy atom. The Balaban J connectivity index is 1.84.